The minimum Gasteiger partial charge on any atom is -0.353 e. The fraction of sp³-hybridized carbons (Fsp3) is 0. The minimum atomic E-state index is -4.73. The second-order valence-corrected chi connectivity index (χ2v) is 5.60. The van der Waals surface area contributed by atoms with Crippen molar-refractivity contribution in [2.24, 2.45) is 0 Å². The molecule has 8 heteroatoms. The molecule has 0 aliphatic heterocycles. The second kappa shape index (κ2) is 4.02. The van der Waals surface area contributed by atoms with Crippen LogP contribution in [0, 0.1) is 10.1 Å². The summed E-state index contributed by atoms with van der Waals surface area (Å²) in [5, 5.41) is 12.2. The summed E-state index contributed by atoms with van der Waals surface area (Å²) in [5.74, 6) is 0. The maximum Gasteiger partial charge on any atom is 0.303 e. The zero-order valence-corrected chi connectivity index (χ0v) is 10.7. The van der Waals surface area contributed by atoms with Crippen LogP contribution in [0.2, 0.25) is 0 Å². The molecule has 0 saturated carbocycles. The third-order valence-corrected chi connectivity index (χ3v) is 4.00. The molecule has 0 amide bonds. The van der Waals surface area contributed by atoms with Gasteiger partial charge < -0.3 is 4.98 Å². The van der Waals surface area contributed by atoms with Gasteiger partial charge in [0.15, 0.2) is 4.90 Å². The first-order chi connectivity index (χ1) is 9.39. The topological polar surface area (TPSA) is 113 Å². The molecule has 0 radical (unpaired) electrons. The summed E-state index contributed by atoms with van der Waals surface area (Å²) in [4.78, 5) is 12.2. The lowest BCUT2D eigenvalue weighted by Crippen LogP contribution is -2.04. The van der Waals surface area contributed by atoms with Crippen molar-refractivity contribution < 1.29 is 17.9 Å². The van der Waals surface area contributed by atoms with Crippen molar-refractivity contribution in [3.63, 3.8) is 0 Å². The normalized spacial score (nSPS) is 12.1. The monoisotopic (exact) mass is 292 g/mol. The van der Waals surface area contributed by atoms with Crippen LogP contribution in [0.5, 0.6) is 0 Å². The fourth-order valence-electron chi connectivity index (χ4n) is 2.29. The number of para-hydroxylation sites is 1. The molecule has 0 aliphatic carbocycles. The summed E-state index contributed by atoms with van der Waals surface area (Å²) in [6.07, 6.45) is 0. The largest absolute Gasteiger partial charge is 0.353 e. The first-order valence-corrected chi connectivity index (χ1v) is 6.99. The molecule has 2 N–H and O–H groups in total. The molecule has 3 rings (SSSR count). The van der Waals surface area contributed by atoms with Gasteiger partial charge in [-0.1, -0.05) is 18.2 Å². The van der Waals surface area contributed by atoms with Crippen molar-refractivity contribution in [3.05, 3.63) is 46.5 Å². The number of nitrogens with one attached hydrogen (secondary N) is 1. The standard InChI is InChI=1S/C12H8N2O5S/c15-14(16)10-6-5-8-7-3-1-2-4-9(7)13-11(8)12(10)20(17,18)19/h1-6,13H,(H,17,18,19). The lowest BCUT2D eigenvalue weighted by atomic mass is 10.1. The molecule has 0 bridgehead atoms. The quantitative estimate of drug-likeness (QED) is 0.428. The molecular weight excluding hydrogens is 284 g/mol. The molecule has 0 saturated heterocycles. The van der Waals surface area contributed by atoms with Gasteiger partial charge in [-0.15, -0.1) is 0 Å². The molecule has 102 valence electrons. The van der Waals surface area contributed by atoms with Crippen molar-refractivity contribution in [3.8, 4) is 0 Å². The first kappa shape index (κ1) is 12.6. The lowest BCUT2D eigenvalue weighted by molar-refractivity contribution is -0.387. The van der Waals surface area contributed by atoms with Crippen LogP contribution in [-0.4, -0.2) is 22.9 Å². The molecule has 3 aromatic rings. The second-order valence-electron chi connectivity index (χ2n) is 4.24. The van der Waals surface area contributed by atoms with Crippen LogP contribution in [0.1, 0.15) is 0 Å². The summed E-state index contributed by atoms with van der Waals surface area (Å²) in [6.45, 7) is 0. The van der Waals surface area contributed by atoms with E-state index in [4.69, 9.17) is 0 Å². The average molecular weight is 292 g/mol. The number of hydrogen-bond donors (Lipinski definition) is 2. The van der Waals surface area contributed by atoms with E-state index >= 15 is 0 Å². The summed E-state index contributed by atoms with van der Waals surface area (Å²) < 4.78 is 32.2. The highest BCUT2D eigenvalue weighted by molar-refractivity contribution is 7.86. The molecule has 0 unspecified atom stereocenters. The Balaban J connectivity index is 2.59. The molecule has 7 nitrogen and oxygen atoms in total. The van der Waals surface area contributed by atoms with Gasteiger partial charge in [-0.25, -0.2) is 0 Å². The molecule has 2 aromatic carbocycles. The minimum absolute atomic E-state index is 0.0305. The highest BCUT2D eigenvalue weighted by Crippen LogP contribution is 2.35. The summed E-state index contributed by atoms with van der Waals surface area (Å²) in [5.41, 5.74) is 0.00218. The number of fused-ring (bicyclic) bond motifs is 3. The Morgan fingerprint density at radius 3 is 2.45 bits per heavy atom. The molecule has 0 atom stereocenters. The Kier molecular flexibility index (Phi) is 2.53. The van der Waals surface area contributed by atoms with E-state index in [2.05, 4.69) is 4.98 Å². The third kappa shape index (κ3) is 1.74. The molecule has 1 aromatic heterocycles. The van der Waals surface area contributed by atoms with Crippen molar-refractivity contribution in [2.75, 3.05) is 0 Å². The third-order valence-electron chi connectivity index (χ3n) is 3.07. The molecule has 0 aliphatic rings. The molecule has 20 heavy (non-hydrogen) atoms. The predicted octanol–water partition coefficient (Wildman–Crippen LogP) is 2.48. The van der Waals surface area contributed by atoms with Crippen LogP contribution in [0.25, 0.3) is 21.8 Å². The van der Waals surface area contributed by atoms with E-state index < -0.39 is 25.6 Å². The molecular formula is C12H8N2O5S. The van der Waals surface area contributed by atoms with E-state index in [0.29, 0.717) is 10.9 Å². The number of nitro groups is 1. The Hall–Kier alpha value is -2.45. The number of benzene rings is 2. The average Bonchev–Trinajstić information content (AvgIpc) is 2.74. The molecule has 0 fully saturated rings. The van der Waals surface area contributed by atoms with Gasteiger partial charge in [0.25, 0.3) is 5.69 Å². The van der Waals surface area contributed by atoms with Crippen molar-refractivity contribution in [1.29, 1.82) is 0 Å². The summed E-state index contributed by atoms with van der Waals surface area (Å²) in [7, 11) is -4.73. The Morgan fingerprint density at radius 2 is 1.80 bits per heavy atom. The number of hydrogen-bond acceptors (Lipinski definition) is 4. The smallest absolute Gasteiger partial charge is 0.303 e. The number of aromatic amines is 1. The van der Waals surface area contributed by atoms with E-state index in [-0.39, 0.29) is 5.52 Å². The van der Waals surface area contributed by atoms with Gasteiger partial charge in [0, 0.05) is 22.4 Å². The Bertz CT molecular complexity index is 959. The zero-order valence-electron chi connectivity index (χ0n) is 9.90. The van der Waals surface area contributed by atoms with Crippen LogP contribution in [-0.2, 0) is 10.1 Å². The van der Waals surface area contributed by atoms with E-state index in [1.54, 1.807) is 24.3 Å². The van der Waals surface area contributed by atoms with Crippen LogP contribution >= 0.6 is 0 Å². The highest BCUT2D eigenvalue weighted by Gasteiger charge is 2.28. The van der Waals surface area contributed by atoms with Gasteiger partial charge in [0.05, 0.1) is 10.4 Å². The van der Waals surface area contributed by atoms with E-state index in [0.717, 1.165) is 11.5 Å². The first-order valence-electron chi connectivity index (χ1n) is 5.55. The summed E-state index contributed by atoms with van der Waals surface area (Å²) >= 11 is 0. The van der Waals surface area contributed by atoms with Gasteiger partial charge in [0.2, 0.25) is 0 Å². The zero-order chi connectivity index (χ0) is 14.5. The Labute approximate surface area is 112 Å². The van der Waals surface area contributed by atoms with Crippen molar-refractivity contribution >= 4 is 37.6 Å². The van der Waals surface area contributed by atoms with Gasteiger partial charge in [-0.2, -0.15) is 8.42 Å². The van der Waals surface area contributed by atoms with E-state index in [9.17, 15) is 23.1 Å². The number of nitrogens with zero attached hydrogens (tertiary/aromatic N) is 1. The lowest BCUT2D eigenvalue weighted by Gasteiger charge is -2.01. The van der Waals surface area contributed by atoms with Crippen LogP contribution in [0.15, 0.2) is 41.3 Å². The maximum atomic E-state index is 11.5. The number of rotatable bonds is 2. The van der Waals surface area contributed by atoms with Gasteiger partial charge in [0.1, 0.15) is 0 Å². The Morgan fingerprint density at radius 1 is 1.10 bits per heavy atom. The van der Waals surface area contributed by atoms with E-state index in [1.165, 1.54) is 6.07 Å². The highest BCUT2D eigenvalue weighted by atomic mass is 32.2. The SMILES string of the molecule is O=[N+]([O-])c1ccc2c([nH]c3ccccc32)c1S(=O)(=O)O. The van der Waals surface area contributed by atoms with Crippen LogP contribution in [0.3, 0.4) is 0 Å². The van der Waals surface area contributed by atoms with Gasteiger partial charge >= 0.3 is 10.1 Å². The van der Waals surface area contributed by atoms with E-state index in [1.807, 2.05) is 0 Å². The number of nitro benzene ring substituents is 1. The maximum absolute atomic E-state index is 11.5. The number of H-pyrrole nitrogens is 1. The van der Waals surface area contributed by atoms with Gasteiger partial charge in [-0.3, -0.25) is 14.7 Å². The predicted molar refractivity (Wildman–Crippen MR) is 72.3 cm³/mol. The molecule has 1 heterocycles. The summed E-state index contributed by atoms with van der Waals surface area (Å²) in [6, 6.07) is 9.53. The fourth-order valence-corrected chi connectivity index (χ4v) is 3.11. The van der Waals surface area contributed by atoms with Crippen molar-refractivity contribution in [2.45, 2.75) is 4.90 Å². The van der Waals surface area contributed by atoms with Crippen molar-refractivity contribution in [1.82, 2.24) is 4.98 Å². The molecule has 0 spiro atoms. The van der Waals surface area contributed by atoms with Gasteiger partial charge in [-0.05, 0) is 12.1 Å². The van der Waals surface area contributed by atoms with Crippen LogP contribution < -0.4 is 0 Å². The number of aromatic nitrogens is 1. The van der Waals surface area contributed by atoms with Crippen LogP contribution in [0.4, 0.5) is 5.69 Å².